The van der Waals surface area contributed by atoms with E-state index in [-0.39, 0.29) is 30.1 Å². The summed E-state index contributed by atoms with van der Waals surface area (Å²) in [6, 6.07) is 7.68. The van der Waals surface area contributed by atoms with Gasteiger partial charge in [-0.2, -0.15) is 0 Å². The number of aryl methyl sites for hydroxylation is 2. The number of nitrogens with one attached hydrogen (secondary N) is 1. The van der Waals surface area contributed by atoms with Crippen molar-refractivity contribution in [2.45, 2.75) is 70.5 Å². The molecule has 3 amide bonds. The molecule has 4 rings (SSSR count). The van der Waals surface area contributed by atoms with Crippen LogP contribution in [0.5, 0.6) is 0 Å². The number of aromatic nitrogens is 1. The first-order chi connectivity index (χ1) is 16.3. The molecule has 1 aromatic heterocycles. The molecule has 9 nitrogen and oxygen atoms in total. The van der Waals surface area contributed by atoms with Gasteiger partial charge in [0.2, 0.25) is 17.7 Å². The third kappa shape index (κ3) is 4.64. The van der Waals surface area contributed by atoms with E-state index < -0.39 is 11.9 Å². The summed E-state index contributed by atoms with van der Waals surface area (Å²) >= 11 is 0. The van der Waals surface area contributed by atoms with Crippen LogP contribution in [0.2, 0.25) is 0 Å². The quantitative estimate of drug-likeness (QED) is 0.310. The number of nitrogens with two attached hydrogens (primary N) is 2. The Hall–Kier alpha value is -3.36. The molecule has 0 unspecified atom stereocenters. The molecule has 5 N–H and O–H groups in total. The molecule has 2 aliphatic heterocycles. The van der Waals surface area contributed by atoms with E-state index in [1.807, 2.05) is 23.1 Å². The molecule has 0 aliphatic carbocycles. The zero-order valence-corrected chi connectivity index (χ0v) is 19.8. The molecular weight excluding hydrogens is 432 g/mol. The van der Waals surface area contributed by atoms with Crippen LogP contribution < -0.4 is 11.5 Å². The van der Waals surface area contributed by atoms with Crippen LogP contribution in [-0.2, 0) is 27.3 Å². The molecule has 0 spiro atoms. The lowest BCUT2D eigenvalue weighted by Crippen LogP contribution is -2.49. The van der Waals surface area contributed by atoms with Crippen LogP contribution in [-0.4, -0.2) is 63.1 Å². The number of carbonyl (C=O) groups is 3. The maximum atomic E-state index is 13.4. The van der Waals surface area contributed by atoms with Crippen molar-refractivity contribution in [2.24, 2.45) is 11.5 Å². The van der Waals surface area contributed by atoms with Gasteiger partial charge in [0.15, 0.2) is 0 Å². The van der Waals surface area contributed by atoms with Crippen LogP contribution in [0.1, 0.15) is 56.7 Å². The highest BCUT2D eigenvalue weighted by atomic mass is 16.2. The number of likely N-dealkylation sites (tertiary alicyclic amines) is 2. The van der Waals surface area contributed by atoms with Crippen molar-refractivity contribution in [3.63, 3.8) is 0 Å². The van der Waals surface area contributed by atoms with E-state index in [4.69, 9.17) is 16.9 Å². The Morgan fingerprint density at radius 2 is 1.79 bits per heavy atom. The monoisotopic (exact) mass is 466 g/mol. The molecule has 2 saturated heterocycles. The lowest BCUT2D eigenvalue weighted by molar-refractivity contribution is -0.145. The highest BCUT2D eigenvalue weighted by Gasteiger charge is 2.40. The topological polar surface area (TPSA) is 139 Å². The Morgan fingerprint density at radius 1 is 1.06 bits per heavy atom. The van der Waals surface area contributed by atoms with Crippen molar-refractivity contribution in [3.05, 3.63) is 35.5 Å². The summed E-state index contributed by atoms with van der Waals surface area (Å²) in [6.45, 7) is 4.12. The van der Waals surface area contributed by atoms with Gasteiger partial charge in [-0.15, -0.1) is 0 Å². The molecule has 0 saturated carbocycles. The summed E-state index contributed by atoms with van der Waals surface area (Å²) < 4.78 is 2.25. The molecule has 9 heteroatoms. The average Bonchev–Trinajstić information content (AvgIpc) is 3.53. The number of carbonyl (C=O) groups excluding carboxylic acids is 3. The highest BCUT2D eigenvalue weighted by molar-refractivity contribution is 5.99. The van der Waals surface area contributed by atoms with E-state index >= 15 is 0 Å². The Kier molecular flexibility index (Phi) is 6.90. The minimum Gasteiger partial charge on any atom is -0.384 e. The minimum absolute atomic E-state index is 0.0000410. The van der Waals surface area contributed by atoms with Crippen LogP contribution in [0.4, 0.5) is 0 Å². The maximum absolute atomic E-state index is 13.4. The van der Waals surface area contributed by atoms with Gasteiger partial charge in [-0.25, -0.2) is 0 Å². The van der Waals surface area contributed by atoms with E-state index in [1.165, 1.54) is 5.69 Å². The largest absolute Gasteiger partial charge is 0.384 e. The number of fused-ring (bicyclic) bond motifs is 1. The molecule has 34 heavy (non-hydrogen) atoms. The summed E-state index contributed by atoms with van der Waals surface area (Å²) in [4.78, 5) is 40.5. The fraction of sp³-hybridized carbons (Fsp3) is 0.520. The zero-order valence-electron chi connectivity index (χ0n) is 19.8. The molecule has 2 atom stereocenters. The van der Waals surface area contributed by atoms with Crippen molar-refractivity contribution in [1.29, 1.82) is 5.41 Å². The minimum atomic E-state index is -0.663. The third-order valence-electron chi connectivity index (χ3n) is 7.19. The Labute approximate surface area is 199 Å². The number of amides is 3. The van der Waals surface area contributed by atoms with Gasteiger partial charge in [0.25, 0.3) is 0 Å². The first-order valence-electron chi connectivity index (χ1n) is 12.1. The molecule has 0 radical (unpaired) electrons. The second-order valence-corrected chi connectivity index (χ2v) is 9.32. The standard InChI is InChI=1S/C25H34N6O3/c1-2-29-19(13-16-7-8-17(24(27)28)14-21(16)29)10-9-18-5-3-11-30(18)25(34)20-6-4-12-31(20)23(33)15-22(26)32/h7-8,13-14,18,20H,2-6,9-12,15H2,1H3,(H2,26,32)(H3,27,28)/t18-,20+/m0/s1. The van der Waals surface area contributed by atoms with Gasteiger partial charge in [0.05, 0.1) is 0 Å². The summed E-state index contributed by atoms with van der Waals surface area (Å²) in [6.07, 6.45) is 4.64. The van der Waals surface area contributed by atoms with Gasteiger partial charge in [0.1, 0.15) is 18.3 Å². The van der Waals surface area contributed by atoms with Crippen LogP contribution in [0.3, 0.4) is 0 Å². The van der Waals surface area contributed by atoms with Crippen LogP contribution >= 0.6 is 0 Å². The van der Waals surface area contributed by atoms with E-state index in [2.05, 4.69) is 17.6 Å². The van der Waals surface area contributed by atoms with E-state index in [1.54, 1.807) is 4.90 Å². The normalized spacial score (nSPS) is 20.3. The highest BCUT2D eigenvalue weighted by Crippen LogP contribution is 2.29. The number of benzene rings is 1. The fourth-order valence-electron chi connectivity index (χ4n) is 5.56. The van der Waals surface area contributed by atoms with Crippen molar-refractivity contribution < 1.29 is 14.4 Å². The number of nitrogen functional groups attached to an aromatic ring is 1. The van der Waals surface area contributed by atoms with Crippen molar-refractivity contribution in [2.75, 3.05) is 13.1 Å². The van der Waals surface area contributed by atoms with Crippen molar-refractivity contribution >= 4 is 34.5 Å². The Balaban J connectivity index is 1.47. The lowest BCUT2D eigenvalue weighted by Gasteiger charge is -2.31. The molecule has 2 aromatic rings. The SMILES string of the molecule is CCn1c(CC[C@@H]2CCCN2C(=O)[C@H]2CCCN2C(=O)CC(N)=O)cc2ccc(C(=N)N)cc21. The predicted octanol–water partition coefficient (Wildman–Crippen LogP) is 1.74. The summed E-state index contributed by atoms with van der Waals surface area (Å²) in [5, 5.41) is 8.85. The average molecular weight is 467 g/mol. The number of nitrogens with zero attached hydrogens (tertiary/aromatic N) is 3. The molecule has 0 bridgehead atoms. The summed E-state index contributed by atoms with van der Waals surface area (Å²) in [5.41, 5.74) is 13.9. The predicted molar refractivity (Wildman–Crippen MR) is 130 cm³/mol. The lowest BCUT2D eigenvalue weighted by atomic mass is 10.1. The van der Waals surface area contributed by atoms with Crippen LogP contribution in [0.15, 0.2) is 24.3 Å². The Morgan fingerprint density at radius 3 is 2.50 bits per heavy atom. The molecular formula is C25H34N6O3. The van der Waals surface area contributed by atoms with Crippen molar-refractivity contribution in [1.82, 2.24) is 14.4 Å². The van der Waals surface area contributed by atoms with E-state index in [0.717, 1.165) is 49.6 Å². The van der Waals surface area contributed by atoms with Gasteiger partial charge in [-0.3, -0.25) is 19.8 Å². The number of hydrogen-bond acceptors (Lipinski definition) is 4. The number of amidine groups is 1. The second kappa shape index (κ2) is 9.87. The Bertz CT molecular complexity index is 1120. The third-order valence-corrected chi connectivity index (χ3v) is 7.19. The van der Waals surface area contributed by atoms with Gasteiger partial charge >= 0.3 is 0 Å². The van der Waals surface area contributed by atoms with Crippen LogP contribution in [0.25, 0.3) is 10.9 Å². The molecule has 2 fully saturated rings. The van der Waals surface area contributed by atoms with Gasteiger partial charge in [0, 0.05) is 42.5 Å². The summed E-state index contributed by atoms with van der Waals surface area (Å²) in [5.74, 6) is -0.956. The molecule has 1 aromatic carbocycles. The number of hydrogen-bond donors (Lipinski definition) is 3. The van der Waals surface area contributed by atoms with Gasteiger partial charge in [-0.05, 0) is 63.0 Å². The zero-order chi connectivity index (χ0) is 24.4. The first kappa shape index (κ1) is 23.8. The molecule has 2 aliphatic rings. The second-order valence-electron chi connectivity index (χ2n) is 9.32. The fourth-order valence-corrected chi connectivity index (χ4v) is 5.56. The number of primary amides is 1. The van der Waals surface area contributed by atoms with Gasteiger partial charge in [-0.1, -0.05) is 12.1 Å². The number of rotatable bonds is 8. The maximum Gasteiger partial charge on any atom is 0.245 e. The summed E-state index contributed by atoms with van der Waals surface area (Å²) in [7, 11) is 0. The molecule has 182 valence electrons. The molecule has 3 heterocycles. The van der Waals surface area contributed by atoms with Gasteiger partial charge < -0.3 is 25.8 Å². The van der Waals surface area contributed by atoms with E-state index in [9.17, 15) is 14.4 Å². The van der Waals surface area contributed by atoms with E-state index in [0.29, 0.717) is 25.1 Å². The van der Waals surface area contributed by atoms with Crippen LogP contribution in [0, 0.1) is 5.41 Å². The first-order valence-corrected chi connectivity index (χ1v) is 12.1. The smallest absolute Gasteiger partial charge is 0.245 e. The van der Waals surface area contributed by atoms with Crippen molar-refractivity contribution in [3.8, 4) is 0 Å².